The van der Waals surface area contributed by atoms with E-state index < -0.39 is 11.4 Å². The number of nitrogens with one attached hydrogen (secondary N) is 1. The first-order chi connectivity index (χ1) is 10.2. The molecular weight excluding hydrogens is 298 g/mol. The van der Waals surface area contributed by atoms with Crippen molar-refractivity contribution in [2.45, 2.75) is 39.9 Å². The molecule has 0 bridgehead atoms. The number of aliphatic carboxylic acids is 1. The maximum absolute atomic E-state index is 12.4. The minimum Gasteiger partial charge on any atom is -0.481 e. The molecule has 122 valence electrons. The van der Waals surface area contributed by atoms with Crippen molar-refractivity contribution >= 4 is 29.3 Å². The maximum atomic E-state index is 12.4. The molecule has 0 aliphatic rings. The average Bonchev–Trinajstić information content (AvgIpc) is 2.37. The first-order valence-electron chi connectivity index (χ1n) is 7.40. The summed E-state index contributed by atoms with van der Waals surface area (Å²) in [5.41, 5.74) is 1.35. The highest BCUT2D eigenvalue weighted by Gasteiger charge is 2.28. The van der Waals surface area contributed by atoms with E-state index in [-0.39, 0.29) is 11.7 Å². The predicted molar refractivity (Wildman–Crippen MR) is 92.1 cm³/mol. The van der Waals surface area contributed by atoms with E-state index in [1.54, 1.807) is 0 Å². The molecule has 0 saturated heterocycles. The topological polar surface area (TPSA) is 66.4 Å². The van der Waals surface area contributed by atoms with Gasteiger partial charge in [-0.2, -0.15) is 0 Å². The lowest BCUT2D eigenvalue weighted by molar-refractivity contribution is -0.134. The van der Waals surface area contributed by atoms with Crippen LogP contribution in [0.2, 0.25) is 0 Å². The molecule has 0 aliphatic carbocycles. The summed E-state index contributed by atoms with van der Waals surface area (Å²) in [6.07, 6.45) is 0.826. The zero-order valence-electron chi connectivity index (χ0n) is 13.7. The van der Waals surface area contributed by atoms with Crippen molar-refractivity contribution in [1.29, 1.82) is 0 Å². The van der Waals surface area contributed by atoms with E-state index in [0.29, 0.717) is 11.7 Å². The van der Waals surface area contributed by atoms with E-state index in [9.17, 15) is 9.59 Å². The van der Waals surface area contributed by atoms with Crippen molar-refractivity contribution in [1.82, 2.24) is 0 Å². The lowest BCUT2D eigenvalue weighted by atomic mass is 9.83. The van der Waals surface area contributed by atoms with Crippen LogP contribution in [0.1, 0.15) is 39.7 Å². The third kappa shape index (κ3) is 6.52. The Labute approximate surface area is 136 Å². The molecule has 1 aromatic carbocycles. The summed E-state index contributed by atoms with van der Waals surface area (Å²) in [4.78, 5) is 22.9. The zero-order chi connectivity index (χ0) is 16.8. The summed E-state index contributed by atoms with van der Waals surface area (Å²) in [6, 6.07) is 7.57. The Hall–Kier alpha value is -1.49. The fraction of sp³-hybridized carbons (Fsp3) is 0.529. The van der Waals surface area contributed by atoms with Crippen LogP contribution in [0.5, 0.6) is 0 Å². The fourth-order valence-electron chi connectivity index (χ4n) is 2.41. The van der Waals surface area contributed by atoms with Crippen LogP contribution in [0.25, 0.3) is 0 Å². The van der Waals surface area contributed by atoms with Gasteiger partial charge in [-0.1, -0.05) is 39.8 Å². The first-order valence-corrected chi connectivity index (χ1v) is 8.56. The Bertz CT molecular complexity index is 526. The molecular formula is C17H25NO3S. The van der Waals surface area contributed by atoms with Crippen LogP contribution in [0.15, 0.2) is 24.3 Å². The van der Waals surface area contributed by atoms with Crippen molar-refractivity contribution in [2.75, 3.05) is 11.1 Å². The van der Waals surface area contributed by atoms with Crippen LogP contribution in [-0.2, 0) is 15.3 Å². The molecule has 0 aliphatic heterocycles. The number of carboxylic acid groups (broad SMARTS) is 1. The molecule has 1 rings (SSSR count). The van der Waals surface area contributed by atoms with Gasteiger partial charge in [-0.05, 0) is 30.0 Å². The number of anilines is 1. The molecule has 0 unspecified atom stereocenters. The minimum absolute atomic E-state index is 0.0107. The normalized spacial score (nSPS) is 11.5. The number of carbonyl (C=O) groups is 2. The highest BCUT2D eigenvalue weighted by atomic mass is 32.2. The molecule has 0 atom stereocenters. The minimum atomic E-state index is -0.815. The van der Waals surface area contributed by atoms with Crippen LogP contribution in [0.3, 0.4) is 0 Å². The van der Waals surface area contributed by atoms with Crippen LogP contribution in [0, 0.1) is 11.3 Å². The van der Waals surface area contributed by atoms with E-state index >= 15 is 0 Å². The Balaban J connectivity index is 2.65. The van der Waals surface area contributed by atoms with E-state index in [4.69, 9.17) is 5.11 Å². The van der Waals surface area contributed by atoms with Gasteiger partial charge >= 0.3 is 5.97 Å². The number of carboxylic acids is 1. The van der Waals surface area contributed by atoms with Gasteiger partial charge in [-0.25, -0.2) is 0 Å². The molecule has 0 heterocycles. The van der Waals surface area contributed by atoms with E-state index in [2.05, 4.69) is 19.2 Å². The van der Waals surface area contributed by atoms with Gasteiger partial charge in [0.1, 0.15) is 0 Å². The van der Waals surface area contributed by atoms with Crippen LogP contribution in [0.4, 0.5) is 5.69 Å². The number of hydrogen-bond donors (Lipinski definition) is 2. The number of benzene rings is 1. The third-order valence-corrected chi connectivity index (χ3v) is 4.20. The number of thioether (sulfide) groups is 1. The second-order valence-electron chi connectivity index (χ2n) is 6.52. The van der Waals surface area contributed by atoms with Crippen LogP contribution < -0.4 is 5.32 Å². The molecule has 0 radical (unpaired) electrons. The zero-order valence-corrected chi connectivity index (χ0v) is 14.5. The van der Waals surface area contributed by atoms with Gasteiger partial charge in [0.2, 0.25) is 5.91 Å². The molecule has 1 aromatic rings. The van der Waals surface area contributed by atoms with Crippen LogP contribution in [-0.4, -0.2) is 22.7 Å². The summed E-state index contributed by atoms with van der Waals surface area (Å²) < 4.78 is 0. The molecule has 0 fully saturated rings. The fourth-order valence-corrected chi connectivity index (χ4v) is 3.10. The Morgan fingerprint density at radius 3 is 2.59 bits per heavy atom. The van der Waals surface area contributed by atoms with Crippen molar-refractivity contribution in [2.24, 2.45) is 11.3 Å². The van der Waals surface area contributed by atoms with Gasteiger partial charge in [-0.15, -0.1) is 11.8 Å². The van der Waals surface area contributed by atoms with E-state index in [0.717, 1.165) is 17.7 Å². The van der Waals surface area contributed by atoms with Gasteiger partial charge in [0, 0.05) is 16.9 Å². The van der Waals surface area contributed by atoms with Crippen molar-refractivity contribution in [3.63, 3.8) is 0 Å². The van der Waals surface area contributed by atoms with Crippen molar-refractivity contribution < 1.29 is 14.7 Å². The monoisotopic (exact) mass is 323 g/mol. The lowest BCUT2D eigenvalue weighted by Gasteiger charge is -2.25. The van der Waals surface area contributed by atoms with Crippen molar-refractivity contribution in [3.05, 3.63) is 29.8 Å². The van der Waals surface area contributed by atoms with Gasteiger partial charge in [0.25, 0.3) is 0 Å². The van der Waals surface area contributed by atoms with E-state index in [1.807, 2.05) is 38.1 Å². The number of rotatable bonds is 8. The van der Waals surface area contributed by atoms with Crippen LogP contribution >= 0.6 is 11.8 Å². The van der Waals surface area contributed by atoms with Gasteiger partial charge in [-0.3, -0.25) is 9.59 Å². The Morgan fingerprint density at radius 2 is 2.00 bits per heavy atom. The van der Waals surface area contributed by atoms with E-state index in [1.165, 1.54) is 11.8 Å². The lowest BCUT2D eigenvalue weighted by Crippen LogP contribution is -2.32. The average molecular weight is 323 g/mol. The molecule has 0 aromatic heterocycles. The van der Waals surface area contributed by atoms with Gasteiger partial charge in [0.05, 0.1) is 5.75 Å². The summed E-state index contributed by atoms with van der Waals surface area (Å²) in [6.45, 7) is 8.12. The smallest absolute Gasteiger partial charge is 0.313 e. The second kappa shape index (κ2) is 8.22. The molecule has 22 heavy (non-hydrogen) atoms. The second-order valence-corrected chi connectivity index (χ2v) is 7.51. The molecule has 1 amide bonds. The molecule has 0 spiro atoms. The Morgan fingerprint density at radius 1 is 1.32 bits per heavy atom. The number of hydrogen-bond acceptors (Lipinski definition) is 3. The van der Waals surface area contributed by atoms with Crippen molar-refractivity contribution in [3.8, 4) is 0 Å². The standard InChI is InChI=1S/C17H25NO3S/c1-12(2)9-17(3,4)16(21)18-14-7-5-6-13(8-14)10-22-11-15(19)20/h5-8,12H,9-11H2,1-4H3,(H,18,21)(H,19,20). The highest BCUT2D eigenvalue weighted by molar-refractivity contribution is 7.99. The summed E-state index contributed by atoms with van der Waals surface area (Å²) in [5.74, 6) is 0.351. The first kappa shape index (κ1) is 18.6. The summed E-state index contributed by atoms with van der Waals surface area (Å²) in [7, 11) is 0. The van der Waals surface area contributed by atoms with Gasteiger partial charge in [0.15, 0.2) is 0 Å². The Kier molecular flexibility index (Phi) is 6.94. The number of carbonyl (C=O) groups excluding carboxylic acids is 1. The summed E-state index contributed by atoms with van der Waals surface area (Å²) in [5, 5.41) is 11.6. The maximum Gasteiger partial charge on any atom is 0.313 e. The molecule has 0 saturated carbocycles. The molecule has 4 nitrogen and oxygen atoms in total. The highest BCUT2D eigenvalue weighted by Crippen LogP contribution is 2.27. The SMILES string of the molecule is CC(C)CC(C)(C)C(=O)Nc1cccc(CSCC(=O)O)c1. The third-order valence-electron chi connectivity index (χ3n) is 3.21. The largest absolute Gasteiger partial charge is 0.481 e. The molecule has 2 N–H and O–H groups in total. The van der Waals surface area contributed by atoms with Gasteiger partial charge < -0.3 is 10.4 Å². The molecule has 5 heteroatoms. The number of amides is 1. The predicted octanol–water partition coefficient (Wildman–Crippen LogP) is 4.02. The quantitative estimate of drug-likeness (QED) is 0.758. The summed E-state index contributed by atoms with van der Waals surface area (Å²) >= 11 is 1.34.